The van der Waals surface area contributed by atoms with Gasteiger partial charge in [0, 0.05) is 13.1 Å². The molecule has 0 aromatic rings. The van der Waals surface area contributed by atoms with Crippen molar-refractivity contribution in [3.05, 3.63) is 6.92 Å². The second-order valence-electron chi connectivity index (χ2n) is 2.05. The number of ether oxygens (including phenoxy) is 1. The summed E-state index contributed by atoms with van der Waals surface area (Å²) in [6.07, 6.45) is -0.562. The van der Waals surface area contributed by atoms with E-state index in [4.69, 9.17) is 10.2 Å². The number of hydrogen-bond acceptors (Lipinski definition) is 4. The average Bonchev–Trinajstić information content (AvgIpc) is 2.04. The van der Waals surface area contributed by atoms with Crippen LogP contribution in [0.1, 0.15) is 0 Å². The summed E-state index contributed by atoms with van der Waals surface area (Å²) in [5, 5.41) is 17.1. The Morgan fingerprint density at radius 2 is 1.83 bits per heavy atom. The Bertz CT molecular complexity index is 123. The molecule has 0 aromatic heterocycles. The Morgan fingerprint density at radius 1 is 1.33 bits per heavy atom. The van der Waals surface area contributed by atoms with Crippen LogP contribution < -0.4 is 0 Å². The number of aliphatic hydroxyl groups is 2. The molecular formula is C7H14NO4. The maximum Gasteiger partial charge on any atom is 0.409 e. The third kappa shape index (κ3) is 4.15. The minimum absolute atomic E-state index is 0.0478. The van der Waals surface area contributed by atoms with Gasteiger partial charge in [-0.25, -0.2) is 4.79 Å². The highest BCUT2D eigenvalue weighted by Crippen LogP contribution is 1.92. The van der Waals surface area contributed by atoms with Gasteiger partial charge in [-0.2, -0.15) is 0 Å². The number of amides is 1. The Hall–Kier alpha value is -0.810. The van der Waals surface area contributed by atoms with Crippen molar-refractivity contribution in [1.82, 2.24) is 4.90 Å². The van der Waals surface area contributed by atoms with Gasteiger partial charge < -0.3 is 19.8 Å². The smallest absolute Gasteiger partial charge is 0.409 e. The lowest BCUT2D eigenvalue weighted by molar-refractivity contribution is 0.0935. The molecule has 0 atom stereocenters. The molecule has 5 heteroatoms. The quantitative estimate of drug-likeness (QED) is 0.578. The maximum absolute atomic E-state index is 11.0. The monoisotopic (exact) mass is 176 g/mol. The second-order valence-corrected chi connectivity index (χ2v) is 2.05. The predicted molar refractivity (Wildman–Crippen MR) is 42.4 cm³/mol. The Morgan fingerprint density at radius 3 is 2.17 bits per heavy atom. The maximum atomic E-state index is 11.0. The van der Waals surface area contributed by atoms with Crippen LogP contribution >= 0.6 is 0 Å². The predicted octanol–water partition coefficient (Wildman–Crippen LogP) is -0.756. The lowest BCUT2D eigenvalue weighted by Gasteiger charge is -2.19. The van der Waals surface area contributed by atoms with Crippen LogP contribution in [0.4, 0.5) is 4.79 Å². The minimum Gasteiger partial charge on any atom is -0.449 e. The molecule has 12 heavy (non-hydrogen) atoms. The normalized spacial score (nSPS) is 9.58. The largest absolute Gasteiger partial charge is 0.449 e. The number of rotatable bonds is 5. The van der Waals surface area contributed by atoms with Gasteiger partial charge in [-0.3, -0.25) is 0 Å². The topological polar surface area (TPSA) is 70.0 Å². The van der Waals surface area contributed by atoms with Gasteiger partial charge >= 0.3 is 6.09 Å². The van der Waals surface area contributed by atoms with Gasteiger partial charge in [0.25, 0.3) is 0 Å². The van der Waals surface area contributed by atoms with Gasteiger partial charge in [0.2, 0.25) is 0 Å². The Kier molecular flexibility index (Phi) is 6.41. The molecule has 0 saturated heterocycles. The van der Waals surface area contributed by atoms with Crippen LogP contribution in [-0.4, -0.2) is 54.1 Å². The molecule has 0 rings (SSSR count). The summed E-state index contributed by atoms with van der Waals surface area (Å²) < 4.78 is 4.56. The van der Waals surface area contributed by atoms with Crippen LogP contribution in [0.25, 0.3) is 0 Å². The van der Waals surface area contributed by atoms with Crippen molar-refractivity contribution in [2.45, 2.75) is 0 Å². The SMILES string of the molecule is [CH2]COC(=O)N(CCO)CCO. The zero-order valence-corrected chi connectivity index (χ0v) is 6.90. The first kappa shape index (κ1) is 11.2. The first-order valence-corrected chi connectivity index (χ1v) is 3.69. The fourth-order valence-electron chi connectivity index (χ4n) is 0.714. The molecule has 71 valence electrons. The van der Waals surface area contributed by atoms with E-state index in [1.54, 1.807) is 0 Å². The second kappa shape index (κ2) is 6.87. The molecule has 0 heterocycles. The van der Waals surface area contributed by atoms with E-state index in [-0.39, 0.29) is 32.9 Å². The molecule has 0 fully saturated rings. The lowest BCUT2D eigenvalue weighted by Crippen LogP contribution is -2.36. The van der Waals surface area contributed by atoms with E-state index < -0.39 is 6.09 Å². The van der Waals surface area contributed by atoms with Crippen LogP contribution in [0, 0.1) is 6.92 Å². The van der Waals surface area contributed by atoms with Crippen molar-refractivity contribution in [3.63, 3.8) is 0 Å². The molecule has 0 aliphatic carbocycles. The number of carbonyl (C=O) groups is 1. The molecule has 5 nitrogen and oxygen atoms in total. The molecule has 1 radical (unpaired) electrons. The van der Waals surface area contributed by atoms with Gasteiger partial charge in [-0.1, -0.05) is 0 Å². The summed E-state index contributed by atoms with van der Waals surface area (Å²) >= 11 is 0. The number of aliphatic hydroxyl groups excluding tert-OH is 2. The summed E-state index contributed by atoms with van der Waals surface area (Å²) in [5.74, 6) is 0. The van der Waals surface area contributed by atoms with E-state index in [1.165, 1.54) is 4.90 Å². The molecule has 0 bridgehead atoms. The van der Waals surface area contributed by atoms with Gasteiger partial charge in [0.05, 0.1) is 19.8 Å². The van der Waals surface area contributed by atoms with Crippen molar-refractivity contribution in [2.24, 2.45) is 0 Å². The Balaban J connectivity index is 3.81. The number of hydrogen-bond donors (Lipinski definition) is 2. The standard InChI is InChI=1S/C7H14NO4/c1-2-12-7(11)8(3-5-9)4-6-10/h9-10H,1-6H2. The molecule has 0 aromatic carbocycles. The molecule has 1 amide bonds. The average molecular weight is 176 g/mol. The van der Waals surface area contributed by atoms with Gasteiger partial charge in [0.15, 0.2) is 0 Å². The molecule has 0 unspecified atom stereocenters. The van der Waals surface area contributed by atoms with E-state index in [1.807, 2.05) is 0 Å². The van der Waals surface area contributed by atoms with E-state index in [0.29, 0.717) is 0 Å². The fraction of sp³-hybridized carbons (Fsp3) is 0.714. The summed E-state index contributed by atoms with van der Waals surface area (Å²) in [6.45, 7) is 3.42. The van der Waals surface area contributed by atoms with Gasteiger partial charge in [-0.05, 0) is 6.92 Å². The zero-order chi connectivity index (χ0) is 9.40. The summed E-state index contributed by atoms with van der Waals surface area (Å²) in [7, 11) is 0. The summed E-state index contributed by atoms with van der Waals surface area (Å²) in [6, 6.07) is 0. The highest BCUT2D eigenvalue weighted by atomic mass is 16.6. The van der Waals surface area contributed by atoms with Crippen molar-refractivity contribution in [2.75, 3.05) is 32.9 Å². The zero-order valence-electron chi connectivity index (χ0n) is 6.90. The Labute approximate surface area is 71.6 Å². The van der Waals surface area contributed by atoms with E-state index in [2.05, 4.69) is 11.7 Å². The van der Waals surface area contributed by atoms with Crippen LogP contribution in [0.2, 0.25) is 0 Å². The first-order chi connectivity index (χ1) is 5.76. The highest BCUT2D eigenvalue weighted by molar-refractivity contribution is 5.67. The van der Waals surface area contributed by atoms with Crippen molar-refractivity contribution >= 4 is 6.09 Å². The third-order valence-corrected chi connectivity index (χ3v) is 1.22. The van der Waals surface area contributed by atoms with Gasteiger partial charge in [0.1, 0.15) is 0 Å². The molecule has 0 saturated carbocycles. The summed E-state index contributed by atoms with van der Waals surface area (Å²) in [4.78, 5) is 12.2. The lowest BCUT2D eigenvalue weighted by atomic mass is 10.5. The number of nitrogens with zero attached hydrogens (tertiary/aromatic N) is 1. The molecule has 2 N–H and O–H groups in total. The van der Waals surface area contributed by atoms with Crippen LogP contribution in [0.3, 0.4) is 0 Å². The first-order valence-electron chi connectivity index (χ1n) is 3.69. The molecule has 0 spiro atoms. The van der Waals surface area contributed by atoms with Crippen molar-refractivity contribution in [1.29, 1.82) is 0 Å². The van der Waals surface area contributed by atoms with E-state index in [0.717, 1.165) is 0 Å². The van der Waals surface area contributed by atoms with Crippen LogP contribution in [0.5, 0.6) is 0 Å². The highest BCUT2D eigenvalue weighted by Gasteiger charge is 2.12. The van der Waals surface area contributed by atoms with Gasteiger partial charge in [-0.15, -0.1) is 0 Å². The van der Waals surface area contributed by atoms with E-state index >= 15 is 0 Å². The summed E-state index contributed by atoms with van der Waals surface area (Å²) in [5.41, 5.74) is 0. The molecular weight excluding hydrogens is 162 g/mol. The van der Waals surface area contributed by atoms with E-state index in [9.17, 15) is 4.79 Å². The van der Waals surface area contributed by atoms with Crippen LogP contribution in [-0.2, 0) is 4.74 Å². The van der Waals surface area contributed by atoms with Crippen molar-refractivity contribution in [3.8, 4) is 0 Å². The minimum atomic E-state index is -0.562. The molecule has 0 aliphatic rings. The fourth-order valence-corrected chi connectivity index (χ4v) is 0.714. The van der Waals surface area contributed by atoms with Crippen molar-refractivity contribution < 1.29 is 19.7 Å². The third-order valence-electron chi connectivity index (χ3n) is 1.22. The number of carbonyl (C=O) groups excluding carboxylic acids is 1. The van der Waals surface area contributed by atoms with Crippen LogP contribution in [0.15, 0.2) is 0 Å². The molecule has 0 aliphatic heterocycles.